The predicted molar refractivity (Wildman–Crippen MR) is 119 cm³/mol. The van der Waals surface area contributed by atoms with E-state index in [-0.39, 0.29) is 28.9 Å². The van der Waals surface area contributed by atoms with Crippen molar-refractivity contribution in [2.75, 3.05) is 18.0 Å². The fraction of sp³-hybridized carbons (Fsp3) is 0.375. The van der Waals surface area contributed by atoms with Crippen LogP contribution in [0.4, 0.5) is 18.9 Å². The summed E-state index contributed by atoms with van der Waals surface area (Å²) in [7, 11) is 1.65. The first-order valence-corrected chi connectivity index (χ1v) is 10.7. The quantitative estimate of drug-likeness (QED) is 0.600. The summed E-state index contributed by atoms with van der Waals surface area (Å²) in [6, 6.07) is 7.34. The Morgan fingerprint density at radius 1 is 1.09 bits per heavy atom. The van der Waals surface area contributed by atoms with Gasteiger partial charge in [0.2, 0.25) is 0 Å². The summed E-state index contributed by atoms with van der Waals surface area (Å²) in [6.45, 7) is 6.52. The highest BCUT2D eigenvalue weighted by Gasteiger charge is 2.35. The minimum Gasteiger partial charge on any atom is -0.364 e. The molecule has 4 rings (SSSR count). The molecule has 172 valence electrons. The topological polar surface area (TPSA) is 65.2 Å². The van der Waals surface area contributed by atoms with E-state index in [0.29, 0.717) is 41.9 Å². The van der Waals surface area contributed by atoms with Gasteiger partial charge in [0.05, 0.1) is 11.2 Å². The number of nitriles is 1. The summed E-state index contributed by atoms with van der Waals surface area (Å²) in [5.74, 6) is -2.77. The summed E-state index contributed by atoms with van der Waals surface area (Å²) in [4.78, 5) is 21.1. The molecule has 6 nitrogen and oxygen atoms in total. The Labute approximate surface area is 189 Å². The maximum absolute atomic E-state index is 14.4. The van der Waals surface area contributed by atoms with Crippen LogP contribution < -0.4 is 10.5 Å². The van der Waals surface area contributed by atoms with E-state index in [9.17, 15) is 23.2 Å². The molecule has 0 radical (unpaired) electrons. The summed E-state index contributed by atoms with van der Waals surface area (Å²) in [6.07, 6.45) is 0. The van der Waals surface area contributed by atoms with Gasteiger partial charge in [0, 0.05) is 62.0 Å². The van der Waals surface area contributed by atoms with Gasteiger partial charge < -0.3 is 9.47 Å². The molecule has 1 fully saturated rings. The van der Waals surface area contributed by atoms with E-state index in [1.54, 1.807) is 26.1 Å². The van der Waals surface area contributed by atoms with Gasteiger partial charge in [-0.1, -0.05) is 0 Å². The Morgan fingerprint density at radius 3 is 2.39 bits per heavy atom. The van der Waals surface area contributed by atoms with E-state index in [1.165, 1.54) is 10.6 Å². The van der Waals surface area contributed by atoms with Crippen molar-refractivity contribution < 1.29 is 13.2 Å². The van der Waals surface area contributed by atoms with Crippen LogP contribution in [0.1, 0.15) is 38.1 Å². The van der Waals surface area contributed by atoms with Crippen LogP contribution >= 0.6 is 0 Å². The summed E-state index contributed by atoms with van der Waals surface area (Å²) >= 11 is 0. The lowest BCUT2D eigenvalue weighted by molar-refractivity contribution is 0.115. The average molecular weight is 455 g/mol. The molecule has 1 aliphatic rings. The van der Waals surface area contributed by atoms with Gasteiger partial charge in [0.1, 0.15) is 34.7 Å². The third kappa shape index (κ3) is 3.95. The number of pyridine rings is 2. The zero-order valence-electron chi connectivity index (χ0n) is 18.8. The summed E-state index contributed by atoms with van der Waals surface area (Å²) < 4.78 is 43.7. The van der Waals surface area contributed by atoms with Crippen LogP contribution in [0.5, 0.6) is 0 Å². The fourth-order valence-corrected chi connectivity index (χ4v) is 4.74. The highest BCUT2D eigenvalue weighted by molar-refractivity contribution is 5.89. The number of fused-ring (bicyclic) bond motifs is 1. The normalized spacial score (nSPS) is 20.1. The first kappa shape index (κ1) is 22.8. The van der Waals surface area contributed by atoms with Crippen molar-refractivity contribution in [1.29, 1.82) is 5.26 Å². The molecule has 0 amide bonds. The van der Waals surface area contributed by atoms with Crippen molar-refractivity contribution in [3.05, 3.63) is 69.4 Å². The molecule has 1 aliphatic heterocycles. The SMILES string of the molecule is CC1CN(c2cc(=O)n(C)c3ccc(C#N)nc23)[C@@H](C)CN1C(C)c1c(F)cc(F)cc1F. The molecule has 1 saturated heterocycles. The van der Waals surface area contributed by atoms with Gasteiger partial charge in [-0.2, -0.15) is 5.26 Å². The van der Waals surface area contributed by atoms with Crippen LogP contribution in [0.3, 0.4) is 0 Å². The van der Waals surface area contributed by atoms with Crippen molar-refractivity contribution in [3.63, 3.8) is 0 Å². The second-order valence-electron chi connectivity index (χ2n) is 8.61. The molecule has 0 saturated carbocycles. The Kier molecular flexibility index (Phi) is 5.89. The van der Waals surface area contributed by atoms with Crippen LogP contribution in [-0.4, -0.2) is 39.6 Å². The van der Waals surface area contributed by atoms with Crippen molar-refractivity contribution >= 4 is 16.7 Å². The molecule has 0 aliphatic carbocycles. The van der Waals surface area contributed by atoms with Gasteiger partial charge in [-0.05, 0) is 32.9 Å². The number of benzene rings is 1. The van der Waals surface area contributed by atoms with Crippen molar-refractivity contribution in [2.24, 2.45) is 7.05 Å². The minimum absolute atomic E-state index is 0.127. The molecule has 1 aromatic carbocycles. The molecular formula is C24H24F3N5O. The highest BCUT2D eigenvalue weighted by Crippen LogP contribution is 2.34. The lowest BCUT2D eigenvalue weighted by atomic mass is 9.99. The van der Waals surface area contributed by atoms with Gasteiger partial charge in [-0.3, -0.25) is 9.69 Å². The zero-order valence-corrected chi connectivity index (χ0v) is 18.8. The van der Waals surface area contributed by atoms with Crippen LogP contribution in [0.25, 0.3) is 11.0 Å². The van der Waals surface area contributed by atoms with Gasteiger partial charge in [0.25, 0.3) is 5.56 Å². The molecule has 9 heteroatoms. The number of hydrogen-bond donors (Lipinski definition) is 0. The van der Waals surface area contributed by atoms with Gasteiger partial charge in [-0.15, -0.1) is 0 Å². The number of rotatable bonds is 3. The number of aryl methyl sites for hydroxylation is 1. The molecule has 2 aromatic heterocycles. The van der Waals surface area contributed by atoms with Gasteiger partial charge >= 0.3 is 0 Å². The van der Waals surface area contributed by atoms with E-state index in [4.69, 9.17) is 0 Å². The molecule has 0 N–H and O–H groups in total. The number of nitrogens with zero attached hydrogens (tertiary/aromatic N) is 5. The number of anilines is 1. The monoisotopic (exact) mass is 455 g/mol. The van der Waals surface area contributed by atoms with Crippen molar-refractivity contribution in [3.8, 4) is 6.07 Å². The Morgan fingerprint density at radius 2 is 1.76 bits per heavy atom. The number of halogens is 3. The molecule has 3 aromatic rings. The van der Waals surface area contributed by atoms with Crippen LogP contribution in [-0.2, 0) is 7.05 Å². The third-order valence-corrected chi connectivity index (χ3v) is 6.49. The van der Waals surface area contributed by atoms with Crippen LogP contribution in [0, 0.1) is 28.8 Å². The Balaban J connectivity index is 1.71. The average Bonchev–Trinajstić information content (AvgIpc) is 2.76. The highest BCUT2D eigenvalue weighted by atomic mass is 19.1. The van der Waals surface area contributed by atoms with Crippen molar-refractivity contribution in [2.45, 2.75) is 38.9 Å². The van der Waals surface area contributed by atoms with Crippen LogP contribution in [0.15, 0.2) is 35.1 Å². The van der Waals surface area contributed by atoms with E-state index < -0.39 is 23.5 Å². The fourth-order valence-electron chi connectivity index (χ4n) is 4.74. The van der Waals surface area contributed by atoms with E-state index in [1.807, 2.05) is 29.7 Å². The number of piperazine rings is 1. The molecule has 0 bridgehead atoms. The zero-order chi connectivity index (χ0) is 24.0. The first-order chi connectivity index (χ1) is 15.6. The summed E-state index contributed by atoms with van der Waals surface area (Å²) in [5, 5.41) is 9.30. The maximum Gasteiger partial charge on any atom is 0.252 e. The molecule has 3 heterocycles. The molecule has 2 unspecified atom stereocenters. The molecule has 33 heavy (non-hydrogen) atoms. The van der Waals surface area contributed by atoms with Crippen molar-refractivity contribution in [1.82, 2.24) is 14.5 Å². The Bertz CT molecular complexity index is 1310. The Hall–Kier alpha value is -3.38. The standard InChI is InChI=1S/C24H24F3N5O/c1-13-12-32(21-9-22(33)30(4)20-6-5-17(10-28)29-24(20)21)14(2)11-31(13)15(3)23-18(26)7-16(25)8-19(23)27/h5-9,13-15H,11-12H2,1-4H3/t13?,14-,15?/m0/s1. The van der Waals surface area contributed by atoms with E-state index in [0.717, 1.165) is 0 Å². The van der Waals surface area contributed by atoms with Gasteiger partial charge in [0.15, 0.2) is 0 Å². The molecular weight excluding hydrogens is 431 g/mol. The molecule has 0 spiro atoms. The third-order valence-electron chi connectivity index (χ3n) is 6.49. The van der Waals surface area contributed by atoms with Crippen LogP contribution in [0.2, 0.25) is 0 Å². The smallest absolute Gasteiger partial charge is 0.252 e. The lowest BCUT2D eigenvalue weighted by Gasteiger charge is -2.47. The van der Waals surface area contributed by atoms with Gasteiger partial charge in [-0.25, -0.2) is 18.2 Å². The second-order valence-corrected chi connectivity index (χ2v) is 8.61. The second kappa shape index (κ2) is 8.52. The number of hydrogen-bond acceptors (Lipinski definition) is 5. The maximum atomic E-state index is 14.4. The largest absolute Gasteiger partial charge is 0.364 e. The van der Waals surface area contributed by atoms with E-state index >= 15 is 0 Å². The van der Waals surface area contributed by atoms with E-state index in [2.05, 4.69) is 4.98 Å². The minimum atomic E-state index is -0.950. The molecule has 3 atom stereocenters. The number of aromatic nitrogens is 2. The lowest BCUT2D eigenvalue weighted by Crippen LogP contribution is -2.57. The first-order valence-electron chi connectivity index (χ1n) is 10.7. The predicted octanol–water partition coefficient (Wildman–Crippen LogP) is 3.88. The summed E-state index contributed by atoms with van der Waals surface area (Å²) in [5.41, 5.74) is 1.67.